The molecule has 0 saturated heterocycles. The molecule has 0 radical (unpaired) electrons. The van der Waals surface area contributed by atoms with Crippen LogP contribution >= 0.6 is 0 Å². The highest BCUT2D eigenvalue weighted by atomic mass is 16.3. The molecule has 12 heteroatoms. The lowest BCUT2D eigenvalue weighted by atomic mass is 10.1. The van der Waals surface area contributed by atoms with Crippen LogP contribution in [0.15, 0.2) is 22.2 Å². The van der Waals surface area contributed by atoms with E-state index in [4.69, 9.17) is 0 Å². The Labute approximate surface area is 196 Å². The Morgan fingerprint density at radius 3 is 2.44 bits per heavy atom. The van der Waals surface area contributed by atoms with Gasteiger partial charge >= 0.3 is 5.69 Å². The van der Waals surface area contributed by atoms with E-state index in [-0.39, 0.29) is 17.4 Å². The van der Waals surface area contributed by atoms with E-state index in [0.717, 1.165) is 17.4 Å². The summed E-state index contributed by atoms with van der Waals surface area (Å²) in [5, 5.41) is 10.8. The maximum absolute atomic E-state index is 13.3. The van der Waals surface area contributed by atoms with Gasteiger partial charge in [-0.25, -0.2) is 14.8 Å². The van der Waals surface area contributed by atoms with E-state index in [1.54, 1.807) is 36.2 Å². The zero-order valence-corrected chi connectivity index (χ0v) is 20.3. The minimum Gasteiger partial charge on any atom is -0.356 e. The number of amides is 1. The third kappa shape index (κ3) is 3.81. The summed E-state index contributed by atoms with van der Waals surface area (Å²) in [5.41, 5.74) is 0.402. The number of anilines is 1. The van der Waals surface area contributed by atoms with Crippen molar-refractivity contribution in [1.82, 2.24) is 33.1 Å². The Morgan fingerprint density at radius 1 is 1.03 bits per heavy atom. The minimum absolute atomic E-state index is 0.0658. The molecule has 2 atom stereocenters. The number of nitrogens with zero attached hydrogens (tertiary/aromatic N) is 8. The molecule has 12 nitrogen and oxygen atoms in total. The van der Waals surface area contributed by atoms with Crippen LogP contribution in [0.5, 0.6) is 0 Å². The number of hydrogen-bond acceptors (Lipinski definition) is 7. The van der Waals surface area contributed by atoms with Crippen LogP contribution in [0.3, 0.4) is 0 Å². The lowest BCUT2D eigenvalue weighted by molar-refractivity contribution is 0.000936. The van der Waals surface area contributed by atoms with E-state index in [2.05, 4.69) is 16.9 Å². The van der Waals surface area contributed by atoms with Gasteiger partial charge in [-0.1, -0.05) is 20.3 Å². The summed E-state index contributed by atoms with van der Waals surface area (Å²) in [6, 6.07) is 0. The number of aryl methyl sites for hydroxylation is 2. The summed E-state index contributed by atoms with van der Waals surface area (Å²) in [5.74, 6) is 0.318. The van der Waals surface area contributed by atoms with Crippen molar-refractivity contribution in [1.29, 1.82) is 0 Å². The van der Waals surface area contributed by atoms with Crippen molar-refractivity contribution < 1.29 is 9.90 Å². The number of carbonyl (C=O) groups is 1. The Kier molecular flexibility index (Phi) is 6.34. The average Bonchev–Trinajstić information content (AvgIpc) is 3.43. The van der Waals surface area contributed by atoms with Crippen LogP contribution in [0.4, 0.5) is 5.82 Å². The molecule has 1 N–H and O–H groups in total. The highest BCUT2D eigenvalue weighted by Gasteiger charge is 2.38. The zero-order valence-electron chi connectivity index (χ0n) is 20.3. The molecule has 0 spiro atoms. The van der Waals surface area contributed by atoms with Gasteiger partial charge in [0.1, 0.15) is 0 Å². The summed E-state index contributed by atoms with van der Waals surface area (Å²) < 4.78 is 6.04. The van der Waals surface area contributed by atoms with E-state index in [9.17, 15) is 19.5 Å². The first-order chi connectivity index (χ1) is 16.2. The number of aliphatic hydroxyl groups is 1. The fourth-order valence-corrected chi connectivity index (χ4v) is 4.44. The Bertz CT molecular complexity index is 1330. The van der Waals surface area contributed by atoms with Crippen LogP contribution in [0.1, 0.15) is 43.6 Å². The number of fused-ring (bicyclic) bond motifs is 2. The van der Waals surface area contributed by atoms with Gasteiger partial charge in [-0.2, -0.15) is 0 Å². The summed E-state index contributed by atoms with van der Waals surface area (Å²) in [4.78, 5) is 49.8. The standard InChI is InChI=1S/C22H32N8O4/c1-6-7-9-28-12-23-18-16(28)20(32)30(22(34)26(18)4)10-8-14(2)11-29-13-24-17-15(29)19(31)27(5)21(33)25(17)3/h12-14,22,34H,6-11H2,1-5H3. The molecule has 1 amide bonds. The molecule has 0 fully saturated rings. The molecular formula is C22H32N8O4. The van der Waals surface area contributed by atoms with Gasteiger partial charge in [0.05, 0.1) is 12.7 Å². The van der Waals surface area contributed by atoms with Crippen molar-refractivity contribution in [3.8, 4) is 0 Å². The predicted octanol–water partition coefficient (Wildman–Crippen LogP) is 0.325. The van der Waals surface area contributed by atoms with E-state index in [1.807, 2.05) is 11.5 Å². The maximum Gasteiger partial charge on any atom is 0.332 e. The number of carbonyl (C=O) groups excluding carboxylic acids is 1. The van der Waals surface area contributed by atoms with Crippen LogP contribution in [-0.2, 0) is 27.2 Å². The lowest BCUT2D eigenvalue weighted by Gasteiger charge is -2.39. The molecule has 34 heavy (non-hydrogen) atoms. The number of hydrogen-bond donors (Lipinski definition) is 1. The van der Waals surface area contributed by atoms with Crippen molar-refractivity contribution in [3.63, 3.8) is 0 Å². The summed E-state index contributed by atoms with van der Waals surface area (Å²) in [6.07, 6.45) is 4.66. The van der Waals surface area contributed by atoms with E-state index in [0.29, 0.717) is 48.7 Å². The van der Waals surface area contributed by atoms with Crippen LogP contribution in [-0.4, -0.2) is 64.1 Å². The molecule has 3 aromatic heterocycles. The monoisotopic (exact) mass is 472 g/mol. The van der Waals surface area contributed by atoms with Crippen molar-refractivity contribution in [3.05, 3.63) is 39.2 Å². The fraction of sp³-hybridized carbons (Fsp3) is 0.591. The van der Waals surface area contributed by atoms with Crippen molar-refractivity contribution in [2.45, 2.75) is 52.6 Å². The first-order valence-corrected chi connectivity index (χ1v) is 11.5. The van der Waals surface area contributed by atoms with Gasteiger partial charge < -0.3 is 19.1 Å². The van der Waals surface area contributed by atoms with Gasteiger partial charge in [-0.3, -0.25) is 23.6 Å². The van der Waals surface area contributed by atoms with Crippen LogP contribution in [0, 0.1) is 5.92 Å². The predicted molar refractivity (Wildman–Crippen MR) is 127 cm³/mol. The second-order valence-corrected chi connectivity index (χ2v) is 9.09. The molecule has 1 aliphatic heterocycles. The second kappa shape index (κ2) is 9.09. The Morgan fingerprint density at radius 2 is 1.74 bits per heavy atom. The lowest BCUT2D eigenvalue weighted by Crippen LogP contribution is -2.54. The van der Waals surface area contributed by atoms with Crippen molar-refractivity contribution in [2.24, 2.45) is 20.0 Å². The summed E-state index contributed by atoms with van der Waals surface area (Å²) in [6.45, 7) is 5.63. The van der Waals surface area contributed by atoms with E-state index < -0.39 is 12.0 Å². The van der Waals surface area contributed by atoms with Crippen LogP contribution in [0.25, 0.3) is 11.2 Å². The average molecular weight is 473 g/mol. The van der Waals surface area contributed by atoms with E-state index in [1.165, 1.54) is 16.5 Å². The van der Waals surface area contributed by atoms with Crippen LogP contribution < -0.4 is 16.1 Å². The SMILES string of the molecule is CCCCn1cnc2c1C(=O)N(CCC(C)Cn1cnc3c1c(=O)n(C)c(=O)n3C)C(O)N2C. The van der Waals surface area contributed by atoms with Gasteiger partial charge in [0.15, 0.2) is 22.7 Å². The second-order valence-electron chi connectivity index (χ2n) is 9.09. The Balaban J connectivity index is 1.51. The topological polar surface area (TPSA) is 123 Å². The Hall–Kier alpha value is -3.41. The fourth-order valence-electron chi connectivity index (χ4n) is 4.44. The molecule has 0 aliphatic carbocycles. The molecule has 3 aromatic rings. The zero-order chi connectivity index (χ0) is 24.7. The highest BCUT2D eigenvalue weighted by Crippen LogP contribution is 2.28. The van der Waals surface area contributed by atoms with E-state index >= 15 is 0 Å². The normalized spacial score (nSPS) is 17.0. The van der Waals surface area contributed by atoms with Gasteiger partial charge in [0.2, 0.25) is 6.35 Å². The third-order valence-electron chi connectivity index (χ3n) is 6.58. The molecule has 0 saturated carbocycles. The van der Waals surface area contributed by atoms with Gasteiger partial charge in [0, 0.05) is 40.8 Å². The van der Waals surface area contributed by atoms with Crippen molar-refractivity contribution >= 4 is 22.9 Å². The summed E-state index contributed by atoms with van der Waals surface area (Å²) in [7, 11) is 4.76. The van der Waals surface area contributed by atoms with Crippen LogP contribution in [0.2, 0.25) is 0 Å². The largest absolute Gasteiger partial charge is 0.356 e. The first kappa shape index (κ1) is 23.7. The molecular weight excluding hydrogens is 440 g/mol. The van der Waals surface area contributed by atoms with Gasteiger partial charge in [-0.05, 0) is 18.8 Å². The third-order valence-corrected chi connectivity index (χ3v) is 6.58. The number of unbranched alkanes of at least 4 members (excludes halogenated alkanes) is 1. The molecule has 0 aromatic carbocycles. The molecule has 1 aliphatic rings. The smallest absolute Gasteiger partial charge is 0.332 e. The first-order valence-electron chi connectivity index (χ1n) is 11.5. The molecule has 4 rings (SSSR count). The molecule has 2 unspecified atom stereocenters. The maximum atomic E-state index is 13.3. The molecule has 4 heterocycles. The number of aromatic nitrogens is 6. The number of imidazole rings is 2. The van der Waals surface area contributed by atoms with Gasteiger partial charge in [-0.15, -0.1) is 0 Å². The quantitative estimate of drug-likeness (QED) is 0.501. The number of rotatable bonds is 8. The number of aliphatic hydroxyl groups excluding tert-OH is 1. The molecule has 184 valence electrons. The van der Waals surface area contributed by atoms with Gasteiger partial charge in [0.25, 0.3) is 11.5 Å². The molecule has 0 bridgehead atoms. The highest BCUT2D eigenvalue weighted by molar-refractivity contribution is 5.99. The van der Waals surface area contributed by atoms with Crippen molar-refractivity contribution in [2.75, 3.05) is 18.5 Å². The summed E-state index contributed by atoms with van der Waals surface area (Å²) >= 11 is 0. The minimum atomic E-state index is -1.10.